The first-order valence-corrected chi connectivity index (χ1v) is 15.3. The van der Waals surface area contributed by atoms with Crippen LogP contribution >= 0.6 is 0 Å². The van der Waals surface area contributed by atoms with Gasteiger partial charge in [0.25, 0.3) is 0 Å². The number of aliphatic hydroxyl groups excluding tert-OH is 1. The Kier molecular flexibility index (Phi) is 9.37. The van der Waals surface area contributed by atoms with Crippen molar-refractivity contribution in [2.75, 3.05) is 7.11 Å². The molecular formula is C21H30HgO6. The first-order valence-electron chi connectivity index (χ1n) is 9.93. The van der Waals surface area contributed by atoms with E-state index in [1.54, 1.807) is 7.11 Å². The summed E-state index contributed by atoms with van der Waals surface area (Å²) in [5.74, 6) is -0.163. The number of carbonyl (C=O) groups excluding carboxylic acids is 2. The molecule has 1 fully saturated rings. The van der Waals surface area contributed by atoms with Gasteiger partial charge in [-0.1, -0.05) is 0 Å². The van der Waals surface area contributed by atoms with Gasteiger partial charge in [-0.25, -0.2) is 0 Å². The molecule has 0 heterocycles. The van der Waals surface area contributed by atoms with E-state index >= 15 is 0 Å². The number of carbonyl (C=O) groups is 2. The zero-order valence-electron chi connectivity index (χ0n) is 17.2. The van der Waals surface area contributed by atoms with Crippen molar-refractivity contribution in [2.24, 2.45) is 11.8 Å². The van der Waals surface area contributed by atoms with Crippen LogP contribution in [0, 0.1) is 11.8 Å². The average Bonchev–Trinajstić information content (AvgIpc) is 2.65. The van der Waals surface area contributed by atoms with E-state index in [0.29, 0.717) is 12.3 Å². The number of methoxy groups -OCH3 is 1. The summed E-state index contributed by atoms with van der Waals surface area (Å²) in [6.45, 7) is 5.59. The Balaban J connectivity index is 2.21. The van der Waals surface area contributed by atoms with Gasteiger partial charge in [0.15, 0.2) is 0 Å². The normalized spacial score (nSPS) is 24.1. The third-order valence-electron chi connectivity index (χ3n) is 5.46. The van der Waals surface area contributed by atoms with Gasteiger partial charge in [0.2, 0.25) is 0 Å². The molecular weight excluding hydrogens is 549 g/mol. The quantitative estimate of drug-likeness (QED) is 0.376. The summed E-state index contributed by atoms with van der Waals surface area (Å²) < 4.78 is 16.4. The third-order valence-corrected chi connectivity index (χ3v) is 12.0. The molecule has 1 N–H and O–H groups in total. The Labute approximate surface area is 180 Å². The Morgan fingerprint density at radius 2 is 1.86 bits per heavy atom. The molecule has 0 bridgehead atoms. The minimum atomic E-state index is -2.45. The second kappa shape index (κ2) is 11.3. The van der Waals surface area contributed by atoms with Crippen molar-refractivity contribution in [3.8, 4) is 0 Å². The number of benzene rings is 1. The molecule has 0 saturated heterocycles. The van der Waals surface area contributed by atoms with Crippen LogP contribution in [0.4, 0.5) is 0 Å². The van der Waals surface area contributed by atoms with Gasteiger partial charge in [-0.2, -0.15) is 0 Å². The van der Waals surface area contributed by atoms with Gasteiger partial charge in [-0.15, -0.1) is 0 Å². The molecule has 152 valence electrons. The number of ether oxygens (including phenoxy) is 2. The summed E-state index contributed by atoms with van der Waals surface area (Å²) in [6, 6.07) is 9.47. The van der Waals surface area contributed by atoms with Crippen LogP contribution in [0.1, 0.15) is 51.7 Å². The molecule has 28 heavy (non-hydrogen) atoms. The first kappa shape index (κ1) is 23.3. The van der Waals surface area contributed by atoms with Crippen molar-refractivity contribution in [2.45, 2.75) is 61.8 Å². The zero-order valence-corrected chi connectivity index (χ0v) is 22.7. The van der Waals surface area contributed by atoms with E-state index in [0.717, 1.165) is 18.4 Å². The van der Waals surface area contributed by atoms with Crippen LogP contribution in [0.2, 0.25) is 3.43 Å². The molecule has 0 spiro atoms. The summed E-state index contributed by atoms with van der Waals surface area (Å²) in [7, 11) is 1.56. The van der Waals surface area contributed by atoms with Gasteiger partial charge in [0.1, 0.15) is 0 Å². The number of rotatable bonds is 8. The second-order valence-corrected chi connectivity index (χ2v) is 13.7. The molecule has 0 aromatic heterocycles. The molecule has 5 atom stereocenters. The van der Waals surface area contributed by atoms with Crippen molar-refractivity contribution < 1.29 is 51.8 Å². The van der Waals surface area contributed by atoms with Crippen LogP contribution in [-0.2, 0) is 46.7 Å². The number of aliphatic hydroxyl groups is 1. The summed E-state index contributed by atoms with van der Waals surface area (Å²) in [5, 5.41) is 10.1. The van der Waals surface area contributed by atoms with Crippen LogP contribution in [0.15, 0.2) is 30.3 Å². The van der Waals surface area contributed by atoms with Crippen molar-refractivity contribution in [3.63, 3.8) is 0 Å². The van der Waals surface area contributed by atoms with E-state index in [1.807, 2.05) is 30.3 Å². The van der Waals surface area contributed by atoms with Crippen molar-refractivity contribution in [1.82, 2.24) is 0 Å². The van der Waals surface area contributed by atoms with Gasteiger partial charge in [-0.05, 0) is 0 Å². The third kappa shape index (κ3) is 6.53. The number of hydrogen-bond donors (Lipinski definition) is 1. The molecule has 7 heteroatoms. The van der Waals surface area contributed by atoms with E-state index in [9.17, 15) is 14.7 Å². The van der Waals surface area contributed by atoms with Crippen LogP contribution in [0.25, 0.3) is 0 Å². The fourth-order valence-electron chi connectivity index (χ4n) is 3.93. The molecule has 6 nitrogen and oxygen atoms in total. The maximum atomic E-state index is 13.2. The fourth-order valence-corrected chi connectivity index (χ4v) is 8.93. The van der Waals surface area contributed by atoms with Crippen molar-refractivity contribution >= 4 is 11.9 Å². The minimum absolute atomic E-state index is 0.219. The summed E-state index contributed by atoms with van der Waals surface area (Å²) in [6.07, 6.45) is 0.755. The zero-order chi connectivity index (χ0) is 20.7. The molecule has 1 aromatic carbocycles. The predicted molar refractivity (Wildman–Crippen MR) is 99.8 cm³/mol. The Morgan fingerprint density at radius 1 is 1.18 bits per heavy atom. The standard InChI is InChI=1S/C19H27O4.C2H4O2.Hg/c1-13(2)16-10-9-15(20)11-18(16)23-19(21)12-17(22-3)14-7-5-4-6-8-14;1-2(3)4;/h4-8,12-13,15-18,20H,9-11H2,1-3H3;1H3,(H,3,4);/q;;+1/p-1/t15-,16+,17+,18-;;/m1../s1. The monoisotopic (exact) mass is 580 g/mol. The predicted octanol–water partition coefficient (Wildman–Crippen LogP) is 3.45. The number of esters is 1. The maximum absolute atomic E-state index is 13.2. The van der Waals surface area contributed by atoms with Crippen LogP contribution < -0.4 is 0 Å². The SMILES string of the molecule is CO[C@H](c1ccccc1)[C@@H]([Hg][O]C(C)=O)C(=O)O[C@@H]1C[C@H](O)CC[C@H]1C(C)C. The molecule has 1 aliphatic carbocycles. The van der Waals surface area contributed by atoms with Crippen LogP contribution in [0.5, 0.6) is 0 Å². The Morgan fingerprint density at radius 3 is 2.43 bits per heavy atom. The summed E-state index contributed by atoms with van der Waals surface area (Å²) >= 11 is -2.45. The fraction of sp³-hybridized carbons (Fsp3) is 0.619. The molecule has 2 rings (SSSR count). The Hall–Kier alpha value is -0.985. The molecule has 0 aliphatic heterocycles. The van der Waals surface area contributed by atoms with E-state index in [4.69, 9.17) is 12.1 Å². The van der Waals surface area contributed by atoms with Gasteiger partial charge in [-0.3, -0.25) is 0 Å². The van der Waals surface area contributed by atoms with Crippen molar-refractivity contribution in [1.29, 1.82) is 0 Å². The number of hydrogen-bond acceptors (Lipinski definition) is 6. The topological polar surface area (TPSA) is 82.1 Å². The van der Waals surface area contributed by atoms with Gasteiger partial charge >= 0.3 is 180 Å². The van der Waals surface area contributed by atoms with E-state index in [2.05, 4.69) is 13.8 Å². The average molecular weight is 579 g/mol. The summed E-state index contributed by atoms with van der Waals surface area (Å²) in [5.41, 5.74) is 0.864. The molecule has 1 saturated carbocycles. The second-order valence-electron chi connectivity index (χ2n) is 7.83. The Bertz CT molecular complexity index is 635. The van der Waals surface area contributed by atoms with Gasteiger partial charge < -0.3 is 0 Å². The first-order chi connectivity index (χ1) is 13.3. The molecule has 0 radical (unpaired) electrons. The summed E-state index contributed by atoms with van der Waals surface area (Å²) in [4.78, 5) is 24.6. The van der Waals surface area contributed by atoms with E-state index in [-0.39, 0.29) is 24.0 Å². The molecule has 0 unspecified atom stereocenters. The van der Waals surface area contributed by atoms with Gasteiger partial charge in [0.05, 0.1) is 0 Å². The van der Waals surface area contributed by atoms with E-state index in [1.165, 1.54) is 6.92 Å². The van der Waals surface area contributed by atoms with Crippen LogP contribution in [0.3, 0.4) is 0 Å². The molecule has 0 amide bonds. The van der Waals surface area contributed by atoms with Gasteiger partial charge in [0, 0.05) is 0 Å². The molecule has 1 aromatic rings. The molecule has 1 aliphatic rings. The van der Waals surface area contributed by atoms with Crippen molar-refractivity contribution in [3.05, 3.63) is 35.9 Å². The van der Waals surface area contributed by atoms with Crippen LogP contribution in [-0.4, -0.2) is 36.4 Å². The van der Waals surface area contributed by atoms with E-state index < -0.39 is 40.7 Å².